The number of aliphatic hydroxyl groups excluding tert-OH is 1. The average molecular weight is 321 g/mol. The van der Waals surface area contributed by atoms with Crippen molar-refractivity contribution in [2.24, 2.45) is 0 Å². The van der Waals surface area contributed by atoms with Crippen molar-refractivity contribution >= 4 is 23.8 Å². The minimum Gasteiger partial charge on any atom is -0.480 e. The fourth-order valence-electron chi connectivity index (χ4n) is 1.50. The summed E-state index contributed by atoms with van der Waals surface area (Å²) >= 11 is 1.49. The minimum absolute atomic E-state index is 0.216. The van der Waals surface area contributed by atoms with Crippen LogP contribution in [0, 0.1) is 0 Å². The van der Waals surface area contributed by atoms with Crippen LogP contribution in [0.3, 0.4) is 0 Å². The van der Waals surface area contributed by atoms with Crippen molar-refractivity contribution in [2.75, 3.05) is 18.1 Å². The van der Waals surface area contributed by atoms with E-state index in [9.17, 15) is 9.59 Å². The van der Waals surface area contributed by atoms with Crippen LogP contribution in [0.2, 0.25) is 0 Å². The van der Waals surface area contributed by atoms with Gasteiger partial charge in [0.05, 0.1) is 0 Å². The standard InChI is InChI=1S/C14H27NO5S/c1-14(2,3)20-13(19)15-11(12(17)18)10-21-9-7-5-4-6-8-16/h11,16H,4-10H2,1-3H3,(H,15,19)(H,17,18)/t11-/m0/s1. The van der Waals surface area contributed by atoms with Crippen molar-refractivity contribution in [3.05, 3.63) is 0 Å². The molecule has 1 atom stereocenters. The summed E-state index contributed by atoms with van der Waals surface area (Å²) in [4.78, 5) is 22.6. The Morgan fingerprint density at radius 3 is 2.33 bits per heavy atom. The Balaban J connectivity index is 3.93. The van der Waals surface area contributed by atoms with Gasteiger partial charge in [0.1, 0.15) is 11.6 Å². The first-order valence-corrected chi connectivity index (χ1v) is 8.32. The van der Waals surface area contributed by atoms with Crippen LogP contribution in [0.1, 0.15) is 46.5 Å². The number of ether oxygens (including phenoxy) is 1. The van der Waals surface area contributed by atoms with E-state index >= 15 is 0 Å². The molecule has 0 aromatic heterocycles. The number of alkyl carbamates (subject to hydrolysis) is 1. The molecule has 0 aromatic rings. The molecule has 0 aliphatic heterocycles. The molecule has 3 N–H and O–H groups in total. The lowest BCUT2D eigenvalue weighted by Crippen LogP contribution is -2.45. The number of aliphatic hydroxyl groups is 1. The molecular weight excluding hydrogens is 294 g/mol. The van der Waals surface area contributed by atoms with Gasteiger partial charge >= 0.3 is 12.1 Å². The van der Waals surface area contributed by atoms with Crippen molar-refractivity contribution in [1.82, 2.24) is 5.32 Å². The predicted molar refractivity (Wildman–Crippen MR) is 83.7 cm³/mol. The van der Waals surface area contributed by atoms with Gasteiger partial charge < -0.3 is 20.3 Å². The summed E-state index contributed by atoms with van der Waals surface area (Å²) in [5, 5.41) is 20.1. The molecule has 0 radical (unpaired) electrons. The van der Waals surface area contributed by atoms with E-state index in [4.69, 9.17) is 14.9 Å². The van der Waals surface area contributed by atoms with Gasteiger partial charge in [-0.1, -0.05) is 12.8 Å². The van der Waals surface area contributed by atoms with E-state index in [1.165, 1.54) is 11.8 Å². The molecule has 0 bridgehead atoms. The lowest BCUT2D eigenvalue weighted by atomic mass is 10.2. The number of amides is 1. The van der Waals surface area contributed by atoms with Crippen molar-refractivity contribution in [1.29, 1.82) is 0 Å². The third-order valence-electron chi connectivity index (χ3n) is 2.47. The topological polar surface area (TPSA) is 95.9 Å². The van der Waals surface area contributed by atoms with Crippen LogP contribution < -0.4 is 5.32 Å². The van der Waals surface area contributed by atoms with Crippen molar-refractivity contribution in [3.63, 3.8) is 0 Å². The molecule has 21 heavy (non-hydrogen) atoms. The maximum Gasteiger partial charge on any atom is 0.408 e. The number of carboxylic acid groups (broad SMARTS) is 1. The van der Waals surface area contributed by atoms with Gasteiger partial charge in [0, 0.05) is 12.4 Å². The van der Waals surface area contributed by atoms with E-state index in [1.54, 1.807) is 20.8 Å². The zero-order chi connectivity index (χ0) is 16.3. The minimum atomic E-state index is -1.06. The van der Waals surface area contributed by atoms with Crippen LogP contribution in [-0.2, 0) is 9.53 Å². The van der Waals surface area contributed by atoms with Gasteiger partial charge in [0.15, 0.2) is 0 Å². The van der Waals surface area contributed by atoms with Gasteiger partial charge in [-0.3, -0.25) is 0 Å². The maximum atomic E-state index is 11.6. The van der Waals surface area contributed by atoms with E-state index < -0.39 is 23.7 Å². The summed E-state index contributed by atoms with van der Waals surface area (Å²) in [6.45, 7) is 5.39. The molecule has 7 heteroatoms. The van der Waals surface area contributed by atoms with Crippen molar-refractivity contribution < 1.29 is 24.5 Å². The van der Waals surface area contributed by atoms with Crippen LogP contribution in [0.5, 0.6) is 0 Å². The fourth-order valence-corrected chi connectivity index (χ4v) is 2.53. The Kier molecular flexibility index (Phi) is 10.2. The molecule has 0 spiro atoms. The molecule has 0 unspecified atom stereocenters. The molecule has 0 saturated carbocycles. The lowest BCUT2D eigenvalue weighted by molar-refractivity contribution is -0.138. The first-order chi connectivity index (χ1) is 9.76. The van der Waals surface area contributed by atoms with Crippen LogP contribution in [-0.4, -0.2) is 52.0 Å². The molecular formula is C14H27NO5S. The molecule has 1 amide bonds. The highest BCUT2D eigenvalue weighted by atomic mass is 32.2. The molecule has 0 saturated heterocycles. The van der Waals surface area contributed by atoms with Gasteiger partial charge in [-0.05, 0) is 39.4 Å². The zero-order valence-corrected chi connectivity index (χ0v) is 13.9. The summed E-state index contributed by atoms with van der Waals surface area (Å²) in [7, 11) is 0. The number of aliphatic carboxylic acids is 1. The van der Waals surface area contributed by atoms with Crippen LogP contribution in [0.4, 0.5) is 4.79 Å². The number of carbonyl (C=O) groups is 2. The maximum absolute atomic E-state index is 11.6. The summed E-state index contributed by atoms with van der Waals surface area (Å²) in [5.41, 5.74) is -0.646. The van der Waals surface area contributed by atoms with Gasteiger partial charge in [-0.25, -0.2) is 9.59 Å². The number of unbranched alkanes of at least 4 members (excludes halogenated alkanes) is 3. The fraction of sp³-hybridized carbons (Fsp3) is 0.857. The van der Waals surface area contributed by atoms with Crippen molar-refractivity contribution in [3.8, 4) is 0 Å². The first-order valence-electron chi connectivity index (χ1n) is 7.17. The molecule has 6 nitrogen and oxygen atoms in total. The van der Waals surface area contributed by atoms with Gasteiger partial charge in [0.25, 0.3) is 0 Å². The average Bonchev–Trinajstić information content (AvgIpc) is 2.33. The molecule has 0 aliphatic carbocycles. The highest BCUT2D eigenvalue weighted by molar-refractivity contribution is 7.99. The molecule has 0 fully saturated rings. The van der Waals surface area contributed by atoms with E-state index in [0.717, 1.165) is 31.4 Å². The summed E-state index contributed by atoms with van der Waals surface area (Å²) < 4.78 is 5.04. The molecule has 0 aliphatic rings. The number of hydrogen-bond acceptors (Lipinski definition) is 5. The summed E-state index contributed by atoms with van der Waals surface area (Å²) in [6, 6.07) is -0.942. The summed E-state index contributed by atoms with van der Waals surface area (Å²) in [6.07, 6.45) is 3.07. The number of nitrogens with one attached hydrogen (secondary N) is 1. The second-order valence-corrected chi connectivity index (χ2v) is 6.90. The first kappa shape index (κ1) is 20.1. The van der Waals surface area contributed by atoms with Crippen LogP contribution in [0.15, 0.2) is 0 Å². The quantitative estimate of drug-likeness (QED) is 0.534. The van der Waals surface area contributed by atoms with Crippen molar-refractivity contribution in [2.45, 2.75) is 58.1 Å². The van der Waals surface area contributed by atoms with E-state index in [2.05, 4.69) is 5.32 Å². The van der Waals surface area contributed by atoms with Crippen LogP contribution in [0.25, 0.3) is 0 Å². The normalized spacial score (nSPS) is 12.8. The van der Waals surface area contributed by atoms with E-state index in [1.807, 2.05) is 0 Å². The highest BCUT2D eigenvalue weighted by Crippen LogP contribution is 2.11. The number of hydrogen-bond donors (Lipinski definition) is 3. The number of carbonyl (C=O) groups excluding carboxylic acids is 1. The van der Waals surface area contributed by atoms with Gasteiger partial charge in [-0.15, -0.1) is 0 Å². The third kappa shape index (κ3) is 12.5. The Morgan fingerprint density at radius 2 is 1.81 bits per heavy atom. The second kappa shape index (κ2) is 10.7. The van der Waals surface area contributed by atoms with Crippen LogP contribution >= 0.6 is 11.8 Å². The predicted octanol–water partition coefficient (Wildman–Crippen LogP) is 2.25. The lowest BCUT2D eigenvalue weighted by Gasteiger charge is -2.21. The second-order valence-electron chi connectivity index (χ2n) is 5.75. The Bertz CT molecular complexity index is 317. The molecule has 124 valence electrons. The molecule has 0 aromatic carbocycles. The SMILES string of the molecule is CC(C)(C)OC(=O)N[C@@H](CSCCCCCCO)C(=O)O. The van der Waals surface area contributed by atoms with Gasteiger partial charge in [-0.2, -0.15) is 11.8 Å². The monoisotopic (exact) mass is 321 g/mol. The largest absolute Gasteiger partial charge is 0.480 e. The third-order valence-corrected chi connectivity index (χ3v) is 3.62. The highest BCUT2D eigenvalue weighted by Gasteiger charge is 2.23. The summed E-state index contributed by atoms with van der Waals surface area (Å²) in [5.74, 6) is 0.0911. The van der Waals surface area contributed by atoms with E-state index in [0.29, 0.717) is 5.75 Å². The smallest absolute Gasteiger partial charge is 0.408 e. The number of rotatable bonds is 10. The zero-order valence-electron chi connectivity index (χ0n) is 13.1. The van der Waals surface area contributed by atoms with E-state index in [-0.39, 0.29) is 6.61 Å². The Labute approximate surface area is 130 Å². The molecule has 0 rings (SSSR count). The molecule has 0 heterocycles. The Hall–Kier alpha value is -0.950. The van der Waals surface area contributed by atoms with Gasteiger partial charge in [0.2, 0.25) is 0 Å². The number of carboxylic acids is 1. The Morgan fingerprint density at radius 1 is 1.19 bits per heavy atom. The number of thioether (sulfide) groups is 1.